The second-order valence-electron chi connectivity index (χ2n) is 4.65. The Morgan fingerprint density at radius 2 is 2.24 bits per heavy atom. The van der Waals surface area contributed by atoms with E-state index >= 15 is 0 Å². The number of aliphatic hydroxyl groups excluding tert-OH is 1. The van der Waals surface area contributed by atoms with Crippen LogP contribution in [0.1, 0.15) is 23.7 Å². The van der Waals surface area contributed by atoms with Gasteiger partial charge in [-0.3, -0.25) is 14.9 Å². The zero-order valence-corrected chi connectivity index (χ0v) is 11.7. The van der Waals surface area contributed by atoms with E-state index in [1.807, 2.05) is 0 Å². The molecule has 0 saturated carbocycles. The van der Waals surface area contributed by atoms with Gasteiger partial charge >= 0.3 is 5.97 Å². The quantitative estimate of drug-likeness (QED) is 0.381. The lowest BCUT2D eigenvalue weighted by molar-refractivity contribution is -0.385. The summed E-state index contributed by atoms with van der Waals surface area (Å²) in [7, 11) is 0. The minimum absolute atomic E-state index is 0.107. The Bertz CT molecular complexity index is 544. The number of rotatable bonds is 8. The molecule has 0 aliphatic heterocycles. The second-order valence-corrected chi connectivity index (χ2v) is 4.65. The summed E-state index contributed by atoms with van der Waals surface area (Å²) in [6.07, 6.45) is 0.0656. The number of hydrogen-bond acceptors (Lipinski definition) is 5. The first-order valence-corrected chi connectivity index (χ1v) is 6.36. The Morgan fingerprint density at radius 1 is 1.57 bits per heavy atom. The molecule has 2 unspecified atom stereocenters. The first kappa shape index (κ1) is 16.8. The third kappa shape index (κ3) is 4.66. The number of carboxylic acid groups (broad SMARTS) is 1. The van der Waals surface area contributed by atoms with E-state index in [0.29, 0.717) is 17.7 Å². The highest BCUT2D eigenvalue weighted by molar-refractivity contribution is 5.67. The molecule has 21 heavy (non-hydrogen) atoms. The molecule has 0 aromatic heterocycles. The van der Waals surface area contributed by atoms with Gasteiger partial charge in [-0.1, -0.05) is 18.2 Å². The number of benzene rings is 1. The van der Waals surface area contributed by atoms with E-state index in [0.717, 1.165) is 0 Å². The van der Waals surface area contributed by atoms with E-state index in [2.05, 4.69) is 11.9 Å². The molecule has 114 valence electrons. The van der Waals surface area contributed by atoms with Crippen molar-refractivity contribution in [2.45, 2.75) is 25.5 Å². The number of nitro groups is 1. The normalized spacial score (nSPS) is 13.4. The summed E-state index contributed by atoms with van der Waals surface area (Å²) < 4.78 is 0. The van der Waals surface area contributed by atoms with Crippen LogP contribution in [0.15, 0.2) is 30.9 Å². The molecule has 0 saturated heterocycles. The molecule has 0 spiro atoms. The molecule has 2 atom stereocenters. The monoisotopic (exact) mass is 294 g/mol. The SMILES string of the molecule is C=CCNC(CC(=O)O)C(O)c1ccc(C)c([N+](=O)[O-])c1. The third-order valence-electron chi connectivity index (χ3n) is 3.07. The molecule has 0 amide bonds. The summed E-state index contributed by atoms with van der Waals surface area (Å²) in [5, 5.41) is 32.9. The third-order valence-corrected chi connectivity index (χ3v) is 3.07. The van der Waals surface area contributed by atoms with Gasteiger partial charge in [-0.25, -0.2) is 0 Å². The number of nitro benzene ring substituents is 1. The van der Waals surface area contributed by atoms with Crippen molar-refractivity contribution in [2.75, 3.05) is 6.54 Å². The van der Waals surface area contributed by atoms with Gasteiger partial charge in [-0.15, -0.1) is 6.58 Å². The fraction of sp³-hybridized carbons (Fsp3) is 0.357. The van der Waals surface area contributed by atoms with Gasteiger partial charge in [0.15, 0.2) is 0 Å². The highest BCUT2D eigenvalue weighted by Gasteiger charge is 2.24. The molecule has 7 nitrogen and oxygen atoms in total. The highest BCUT2D eigenvalue weighted by Crippen LogP contribution is 2.26. The van der Waals surface area contributed by atoms with Crippen LogP contribution in [-0.2, 0) is 4.79 Å². The Kier molecular flexibility index (Phi) is 6.01. The van der Waals surface area contributed by atoms with E-state index in [1.165, 1.54) is 12.1 Å². The Labute approximate surface area is 122 Å². The average Bonchev–Trinajstić information content (AvgIpc) is 2.42. The number of aliphatic carboxylic acids is 1. The smallest absolute Gasteiger partial charge is 0.305 e. The van der Waals surface area contributed by atoms with Crippen molar-refractivity contribution in [1.82, 2.24) is 5.32 Å². The van der Waals surface area contributed by atoms with Gasteiger partial charge in [-0.2, -0.15) is 0 Å². The van der Waals surface area contributed by atoms with Crippen LogP contribution in [0.25, 0.3) is 0 Å². The standard InChI is InChI=1S/C14H18N2O5/c1-3-6-15-11(8-13(17)18)14(19)10-5-4-9(2)12(7-10)16(20)21/h3-5,7,11,14-15,19H,1,6,8H2,2H3,(H,17,18). The minimum Gasteiger partial charge on any atom is -0.481 e. The lowest BCUT2D eigenvalue weighted by atomic mass is 9.98. The number of carboxylic acids is 1. The van der Waals surface area contributed by atoms with Gasteiger partial charge < -0.3 is 15.5 Å². The van der Waals surface area contributed by atoms with Crippen molar-refractivity contribution in [1.29, 1.82) is 0 Å². The molecule has 1 aromatic carbocycles. The molecule has 0 bridgehead atoms. The van der Waals surface area contributed by atoms with E-state index in [4.69, 9.17) is 5.11 Å². The summed E-state index contributed by atoms with van der Waals surface area (Å²) in [5.74, 6) is -1.07. The van der Waals surface area contributed by atoms with Crippen LogP contribution in [0.2, 0.25) is 0 Å². The molecule has 0 radical (unpaired) electrons. The van der Waals surface area contributed by atoms with Gasteiger partial charge in [-0.05, 0) is 12.5 Å². The van der Waals surface area contributed by atoms with Crippen LogP contribution in [0.4, 0.5) is 5.69 Å². The number of aryl methyl sites for hydroxylation is 1. The number of carbonyl (C=O) groups is 1. The van der Waals surface area contributed by atoms with Crippen molar-refractivity contribution < 1.29 is 19.9 Å². The van der Waals surface area contributed by atoms with Gasteiger partial charge in [0.05, 0.1) is 17.4 Å². The van der Waals surface area contributed by atoms with E-state index in [9.17, 15) is 20.0 Å². The maximum Gasteiger partial charge on any atom is 0.305 e. The van der Waals surface area contributed by atoms with Crippen LogP contribution in [0.5, 0.6) is 0 Å². The second kappa shape index (κ2) is 7.51. The summed E-state index contributed by atoms with van der Waals surface area (Å²) in [5.41, 5.74) is 0.671. The largest absolute Gasteiger partial charge is 0.481 e. The molecule has 1 aromatic rings. The number of hydrogen-bond donors (Lipinski definition) is 3. The molecular weight excluding hydrogens is 276 g/mol. The lowest BCUT2D eigenvalue weighted by Crippen LogP contribution is -2.37. The van der Waals surface area contributed by atoms with Gasteiger partial charge in [0, 0.05) is 24.2 Å². The van der Waals surface area contributed by atoms with Crippen molar-refractivity contribution >= 4 is 11.7 Å². The number of aliphatic hydroxyl groups is 1. The minimum atomic E-state index is -1.17. The maximum absolute atomic E-state index is 10.9. The van der Waals surface area contributed by atoms with E-state index < -0.39 is 23.0 Å². The number of nitrogens with zero attached hydrogens (tertiary/aromatic N) is 1. The molecular formula is C14H18N2O5. The Hall–Kier alpha value is -2.25. The van der Waals surface area contributed by atoms with Crippen molar-refractivity contribution in [2.24, 2.45) is 0 Å². The molecule has 3 N–H and O–H groups in total. The predicted molar refractivity (Wildman–Crippen MR) is 77.0 cm³/mol. The Balaban J connectivity index is 3.04. The average molecular weight is 294 g/mol. The topological polar surface area (TPSA) is 113 Å². The van der Waals surface area contributed by atoms with Crippen molar-refractivity contribution in [3.05, 3.63) is 52.1 Å². The van der Waals surface area contributed by atoms with Gasteiger partial charge in [0.2, 0.25) is 0 Å². The molecule has 0 heterocycles. The van der Waals surface area contributed by atoms with Crippen LogP contribution in [0, 0.1) is 17.0 Å². The van der Waals surface area contributed by atoms with E-state index in [-0.39, 0.29) is 12.1 Å². The molecule has 0 aliphatic carbocycles. The van der Waals surface area contributed by atoms with Gasteiger partial charge in [0.25, 0.3) is 5.69 Å². The number of nitrogens with one attached hydrogen (secondary N) is 1. The first-order chi connectivity index (χ1) is 9.86. The summed E-state index contributed by atoms with van der Waals surface area (Å²) in [6.45, 7) is 5.43. The highest BCUT2D eigenvalue weighted by atomic mass is 16.6. The van der Waals surface area contributed by atoms with Crippen LogP contribution >= 0.6 is 0 Å². The van der Waals surface area contributed by atoms with Crippen LogP contribution in [-0.4, -0.2) is 33.7 Å². The fourth-order valence-corrected chi connectivity index (χ4v) is 1.96. The molecule has 1 rings (SSSR count). The maximum atomic E-state index is 10.9. The predicted octanol–water partition coefficient (Wildman–Crippen LogP) is 1.56. The zero-order valence-electron chi connectivity index (χ0n) is 11.7. The Morgan fingerprint density at radius 3 is 2.76 bits per heavy atom. The van der Waals surface area contributed by atoms with Crippen LogP contribution < -0.4 is 5.32 Å². The molecule has 0 fully saturated rings. The lowest BCUT2D eigenvalue weighted by Gasteiger charge is -2.22. The molecule has 0 aliphatic rings. The van der Waals surface area contributed by atoms with Gasteiger partial charge in [0.1, 0.15) is 0 Å². The van der Waals surface area contributed by atoms with E-state index in [1.54, 1.807) is 19.1 Å². The molecule has 7 heteroatoms. The zero-order chi connectivity index (χ0) is 16.0. The summed E-state index contributed by atoms with van der Waals surface area (Å²) in [4.78, 5) is 21.2. The summed E-state index contributed by atoms with van der Waals surface area (Å²) in [6, 6.07) is 3.59. The van der Waals surface area contributed by atoms with Crippen LogP contribution in [0.3, 0.4) is 0 Å². The fourth-order valence-electron chi connectivity index (χ4n) is 1.96. The van der Waals surface area contributed by atoms with Crippen molar-refractivity contribution in [3.8, 4) is 0 Å². The first-order valence-electron chi connectivity index (χ1n) is 6.36. The van der Waals surface area contributed by atoms with Crippen molar-refractivity contribution in [3.63, 3.8) is 0 Å². The summed E-state index contributed by atoms with van der Waals surface area (Å²) >= 11 is 0.